The van der Waals surface area contributed by atoms with E-state index in [0.29, 0.717) is 12.6 Å². The van der Waals surface area contributed by atoms with Crippen LogP contribution in [0.25, 0.3) is 0 Å². The van der Waals surface area contributed by atoms with Crippen molar-refractivity contribution in [3.63, 3.8) is 0 Å². The van der Waals surface area contributed by atoms with Gasteiger partial charge in [0.1, 0.15) is 5.67 Å². The highest BCUT2D eigenvalue weighted by atomic mass is 19.1. The summed E-state index contributed by atoms with van der Waals surface area (Å²) in [4.78, 5) is 0. The third-order valence-electron chi connectivity index (χ3n) is 2.42. The van der Waals surface area contributed by atoms with E-state index >= 15 is 0 Å². The molecule has 1 nitrogen and oxygen atoms in total. The molecule has 1 N–H and O–H groups in total. The molecule has 0 aliphatic heterocycles. The second-order valence-corrected chi connectivity index (χ2v) is 4.43. The molecule has 0 aromatic carbocycles. The molecule has 0 bridgehead atoms. The van der Waals surface area contributed by atoms with Gasteiger partial charge in [-0.05, 0) is 26.7 Å². The molecule has 0 amide bonds. The summed E-state index contributed by atoms with van der Waals surface area (Å²) in [5.41, 5.74) is -1.06. The van der Waals surface area contributed by atoms with E-state index in [1.54, 1.807) is 13.8 Å². The van der Waals surface area contributed by atoms with Gasteiger partial charge in [0.2, 0.25) is 0 Å². The average Bonchev–Trinajstić information content (AvgIpc) is 2.02. The molecule has 0 spiro atoms. The monoisotopic (exact) mass is 173 g/mol. The van der Waals surface area contributed by atoms with Gasteiger partial charge in [-0.15, -0.1) is 0 Å². The van der Waals surface area contributed by atoms with Crippen LogP contribution in [-0.4, -0.2) is 18.3 Å². The molecule has 0 radical (unpaired) electrons. The SMILES string of the molecule is CC(C)(F)CNC1CCCCC1. The first-order valence-corrected chi connectivity index (χ1v) is 5.00. The molecule has 1 fully saturated rings. The third-order valence-corrected chi connectivity index (χ3v) is 2.42. The molecule has 0 aromatic heterocycles. The molecule has 72 valence electrons. The zero-order valence-corrected chi connectivity index (χ0v) is 8.20. The Balaban J connectivity index is 2.13. The van der Waals surface area contributed by atoms with Crippen molar-refractivity contribution in [1.29, 1.82) is 0 Å². The van der Waals surface area contributed by atoms with Gasteiger partial charge in [-0.3, -0.25) is 0 Å². The van der Waals surface area contributed by atoms with Crippen LogP contribution in [0.2, 0.25) is 0 Å². The Hall–Kier alpha value is -0.110. The Bertz CT molecular complexity index is 122. The maximum Gasteiger partial charge on any atom is 0.117 e. The van der Waals surface area contributed by atoms with Crippen molar-refractivity contribution in [2.24, 2.45) is 0 Å². The molecular weight excluding hydrogens is 153 g/mol. The number of hydrogen-bond donors (Lipinski definition) is 1. The van der Waals surface area contributed by atoms with Crippen LogP contribution >= 0.6 is 0 Å². The van der Waals surface area contributed by atoms with Gasteiger partial charge in [0.05, 0.1) is 0 Å². The number of halogens is 1. The minimum atomic E-state index is -1.06. The van der Waals surface area contributed by atoms with E-state index in [-0.39, 0.29) is 0 Å². The van der Waals surface area contributed by atoms with Crippen LogP contribution in [0.3, 0.4) is 0 Å². The first-order chi connectivity index (χ1) is 5.58. The van der Waals surface area contributed by atoms with Crippen LogP contribution in [0.1, 0.15) is 46.0 Å². The largest absolute Gasteiger partial charge is 0.311 e. The molecule has 1 saturated carbocycles. The molecule has 0 heterocycles. The van der Waals surface area contributed by atoms with E-state index in [4.69, 9.17) is 0 Å². The molecule has 0 unspecified atom stereocenters. The zero-order chi connectivity index (χ0) is 9.03. The summed E-state index contributed by atoms with van der Waals surface area (Å²) in [6.45, 7) is 3.75. The zero-order valence-electron chi connectivity index (χ0n) is 8.20. The molecule has 2 heteroatoms. The topological polar surface area (TPSA) is 12.0 Å². The van der Waals surface area contributed by atoms with E-state index < -0.39 is 5.67 Å². The van der Waals surface area contributed by atoms with E-state index in [9.17, 15) is 4.39 Å². The molecular formula is C10H20FN. The lowest BCUT2D eigenvalue weighted by Crippen LogP contribution is -2.39. The summed E-state index contributed by atoms with van der Waals surface area (Å²) in [5.74, 6) is 0. The van der Waals surface area contributed by atoms with Gasteiger partial charge in [0.15, 0.2) is 0 Å². The normalized spacial score (nSPS) is 21.2. The Morgan fingerprint density at radius 3 is 2.33 bits per heavy atom. The first kappa shape index (κ1) is 9.97. The van der Waals surface area contributed by atoms with Gasteiger partial charge in [-0.2, -0.15) is 0 Å². The predicted octanol–water partition coefficient (Wildman–Crippen LogP) is 2.66. The lowest BCUT2D eigenvalue weighted by Gasteiger charge is -2.25. The van der Waals surface area contributed by atoms with Gasteiger partial charge in [0.25, 0.3) is 0 Å². The van der Waals surface area contributed by atoms with Crippen LogP contribution < -0.4 is 5.32 Å². The highest BCUT2D eigenvalue weighted by Gasteiger charge is 2.19. The van der Waals surface area contributed by atoms with Crippen molar-refractivity contribution in [3.05, 3.63) is 0 Å². The second-order valence-electron chi connectivity index (χ2n) is 4.43. The molecule has 12 heavy (non-hydrogen) atoms. The average molecular weight is 173 g/mol. The summed E-state index contributed by atoms with van der Waals surface area (Å²) in [6.07, 6.45) is 6.44. The van der Waals surface area contributed by atoms with Crippen molar-refractivity contribution < 1.29 is 4.39 Å². The lowest BCUT2D eigenvalue weighted by atomic mass is 9.95. The highest BCUT2D eigenvalue weighted by molar-refractivity contribution is 4.76. The van der Waals surface area contributed by atoms with Crippen molar-refractivity contribution in [2.75, 3.05) is 6.54 Å². The van der Waals surface area contributed by atoms with Crippen LogP contribution in [0, 0.1) is 0 Å². The van der Waals surface area contributed by atoms with E-state index in [0.717, 1.165) is 0 Å². The summed E-state index contributed by atoms with van der Waals surface area (Å²) < 4.78 is 13.1. The van der Waals surface area contributed by atoms with Crippen molar-refractivity contribution in [2.45, 2.75) is 57.7 Å². The molecule has 1 rings (SSSR count). The van der Waals surface area contributed by atoms with Crippen LogP contribution in [0.5, 0.6) is 0 Å². The summed E-state index contributed by atoms with van der Waals surface area (Å²) in [6, 6.07) is 0.578. The maximum atomic E-state index is 13.1. The maximum absolute atomic E-state index is 13.1. The van der Waals surface area contributed by atoms with Gasteiger partial charge in [0, 0.05) is 12.6 Å². The van der Waals surface area contributed by atoms with E-state index in [1.165, 1.54) is 32.1 Å². The standard InChI is InChI=1S/C10H20FN/c1-10(2,11)8-12-9-6-4-3-5-7-9/h9,12H,3-8H2,1-2H3. The fraction of sp³-hybridized carbons (Fsp3) is 1.00. The molecule has 0 saturated heterocycles. The molecule has 0 atom stereocenters. The minimum absolute atomic E-state index is 0.498. The Morgan fingerprint density at radius 2 is 1.83 bits per heavy atom. The minimum Gasteiger partial charge on any atom is -0.311 e. The Morgan fingerprint density at radius 1 is 1.25 bits per heavy atom. The van der Waals surface area contributed by atoms with Crippen LogP contribution in [-0.2, 0) is 0 Å². The lowest BCUT2D eigenvalue weighted by molar-refractivity contribution is 0.195. The number of rotatable bonds is 3. The second kappa shape index (κ2) is 4.22. The smallest absolute Gasteiger partial charge is 0.117 e. The quantitative estimate of drug-likeness (QED) is 0.692. The molecule has 0 aromatic rings. The number of nitrogens with one attached hydrogen (secondary N) is 1. The van der Waals surface area contributed by atoms with Gasteiger partial charge in [-0.25, -0.2) is 4.39 Å². The van der Waals surface area contributed by atoms with Crippen molar-refractivity contribution in [1.82, 2.24) is 5.32 Å². The fourth-order valence-corrected chi connectivity index (χ4v) is 1.69. The Kier molecular flexibility index (Phi) is 3.51. The number of alkyl halides is 1. The highest BCUT2D eigenvalue weighted by Crippen LogP contribution is 2.18. The summed E-state index contributed by atoms with van der Waals surface area (Å²) in [7, 11) is 0. The van der Waals surface area contributed by atoms with E-state index in [2.05, 4.69) is 5.32 Å². The molecule has 1 aliphatic carbocycles. The molecule has 1 aliphatic rings. The van der Waals surface area contributed by atoms with Gasteiger partial charge >= 0.3 is 0 Å². The number of hydrogen-bond acceptors (Lipinski definition) is 1. The van der Waals surface area contributed by atoms with Gasteiger partial charge < -0.3 is 5.32 Å². The van der Waals surface area contributed by atoms with Gasteiger partial charge in [-0.1, -0.05) is 19.3 Å². The van der Waals surface area contributed by atoms with Crippen molar-refractivity contribution >= 4 is 0 Å². The fourth-order valence-electron chi connectivity index (χ4n) is 1.69. The van der Waals surface area contributed by atoms with Crippen LogP contribution in [0.4, 0.5) is 4.39 Å². The summed E-state index contributed by atoms with van der Waals surface area (Å²) in [5, 5.41) is 3.29. The van der Waals surface area contributed by atoms with Crippen molar-refractivity contribution in [3.8, 4) is 0 Å². The Labute approximate surface area is 74.7 Å². The van der Waals surface area contributed by atoms with E-state index in [1.807, 2.05) is 0 Å². The summed E-state index contributed by atoms with van der Waals surface area (Å²) >= 11 is 0. The van der Waals surface area contributed by atoms with Crippen LogP contribution in [0.15, 0.2) is 0 Å². The predicted molar refractivity (Wildman–Crippen MR) is 50.1 cm³/mol. The third kappa shape index (κ3) is 4.05. The first-order valence-electron chi connectivity index (χ1n) is 5.00.